The summed E-state index contributed by atoms with van der Waals surface area (Å²) >= 11 is 0. The van der Waals surface area contributed by atoms with Crippen LogP contribution >= 0.6 is 0 Å². The number of benzene rings is 2. The van der Waals surface area contributed by atoms with Gasteiger partial charge in [0.25, 0.3) is 0 Å². The smallest absolute Gasteiger partial charge is 0.492 e. The lowest BCUT2D eigenvalue weighted by Gasteiger charge is -2.11. The van der Waals surface area contributed by atoms with Crippen molar-refractivity contribution in [3.8, 4) is 11.5 Å². The van der Waals surface area contributed by atoms with Gasteiger partial charge in [0.05, 0.1) is 4.90 Å². The van der Waals surface area contributed by atoms with E-state index in [1.165, 1.54) is 6.07 Å². The van der Waals surface area contributed by atoms with Gasteiger partial charge in [-0.15, -0.1) is 13.2 Å². The zero-order chi connectivity index (χ0) is 17.6. The number of hydrogen-bond donors (Lipinski definition) is 1. The Morgan fingerprint density at radius 1 is 0.958 bits per heavy atom. The topological polar surface area (TPSA) is 64.6 Å². The van der Waals surface area contributed by atoms with Crippen molar-refractivity contribution in [2.75, 3.05) is 13.2 Å². The van der Waals surface area contributed by atoms with E-state index in [0.29, 0.717) is 5.75 Å². The second-order valence-electron chi connectivity index (χ2n) is 4.58. The molecule has 0 saturated carbocycles. The predicted molar refractivity (Wildman–Crippen MR) is 80.3 cm³/mol. The summed E-state index contributed by atoms with van der Waals surface area (Å²) in [5.74, 6) is -0.0248. The molecule has 0 aliphatic heterocycles. The largest absolute Gasteiger partial charge is 0.573 e. The van der Waals surface area contributed by atoms with Gasteiger partial charge in [-0.3, -0.25) is 0 Å². The summed E-state index contributed by atoms with van der Waals surface area (Å²) in [7, 11) is -3.97. The number of para-hydroxylation sites is 1. The summed E-state index contributed by atoms with van der Waals surface area (Å²) in [6, 6.07) is 12.9. The molecule has 0 unspecified atom stereocenters. The van der Waals surface area contributed by atoms with Crippen LogP contribution in [0.25, 0.3) is 0 Å². The van der Waals surface area contributed by atoms with Crippen LogP contribution in [0.4, 0.5) is 13.2 Å². The zero-order valence-electron chi connectivity index (χ0n) is 12.3. The van der Waals surface area contributed by atoms with Crippen molar-refractivity contribution in [3.05, 3.63) is 54.6 Å². The van der Waals surface area contributed by atoms with E-state index >= 15 is 0 Å². The standard InChI is InChI=1S/C15H14F3NO4S/c16-15(17,18)23-13-7-4-8-14(11-13)24(20,21)19-9-10-22-12-5-2-1-3-6-12/h1-8,11,19H,9-10H2. The van der Waals surface area contributed by atoms with Gasteiger partial charge in [0.15, 0.2) is 0 Å². The molecule has 2 rings (SSSR count). The maximum absolute atomic E-state index is 12.2. The second-order valence-corrected chi connectivity index (χ2v) is 6.35. The lowest BCUT2D eigenvalue weighted by molar-refractivity contribution is -0.274. The predicted octanol–water partition coefficient (Wildman–Crippen LogP) is 2.94. The third-order valence-corrected chi connectivity index (χ3v) is 4.21. The summed E-state index contributed by atoms with van der Waals surface area (Å²) in [6.45, 7) is 0.0313. The fourth-order valence-corrected chi connectivity index (χ4v) is 2.83. The quantitative estimate of drug-likeness (QED) is 0.770. The van der Waals surface area contributed by atoms with E-state index < -0.39 is 22.1 Å². The van der Waals surface area contributed by atoms with Gasteiger partial charge < -0.3 is 9.47 Å². The van der Waals surface area contributed by atoms with E-state index in [-0.39, 0.29) is 18.0 Å². The molecule has 2 aromatic carbocycles. The highest BCUT2D eigenvalue weighted by Gasteiger charge is 2.31. The fraction of sp³-hybridized carbons (Fsp3) is 0.200. The molecular formula is C15H14F3NO4S. The number of alkyl halides is 3. The minimum Gasteiger partial charge on any atom is -0.492 e. The van der Waals surface area contributed by atoms with Gasteiger partial charge in [0, 0.05) is 12.6 Å². The van der Waals surface area contributed by atoms with Crippen molar-refractivity contribution in [2.24, 2.45) is 0 Å². The van der Waals surface area contributed by atoms with E-state index in [2.05, 4.69) is 9.46 Å². The van der Waals surface area contributed by atoms with Gasteiger partial charge in [-0.1, -0.05) is 24.3 Å². The van der Waals surface area contributed by atoms with Crippen LogP contribution in [0.1, 0.15) is 0 Å². The van der Waals surface area contributed by atoms with Crippen LogP contribution in [0.15, 0.2) is 59.5 Å². The Bertz CT molecular complexity index is 764. The average molecular weight is 361 g/mol. The second kappa shape index (κ2) is 7.54. The molecule has 24 heavy (non-hydrogen) atoms. The number of rotatable bonds is 7. The lowest BCUT2D eigenvalue weighted by Crippen LogP contribution is -2.28. The van der Waals surface area contributed by atoms with E-state index in [1.54, 1.807) is 24.3 Å². The minimum atomic E-state index is -4.89. The van der Waals surface area contributed by atoms with E-state index in [0.717, 1.165) is 18.2 Å². The Morgan fingerprint density at radius 2 is 1.62 bits per heavy atom. The summed E-state index contributed by atoms with van der Waals surface area (Å²) in [5.41, 5.74) is 0. The van der Waals surface area contributed by atoms with Crippen LogP contribution in [0.5, 0.6) is 11.5 Å². The Kier molecular flexibility index (Phi) is 5.68. The van der Waals surface area contributed by atoms with Crippen LogP contribution in [0, 0.1) is 0 Å². The number of sulfonamides is 1. The fourth-order valence-electron chi connectivity index (χ4n) is 1.78. The van der Waals surface area contributed by atoms with Gasteiger partial charge in [-0.05, 0) is 24.3 Å². The molecule has 1 N–H and O–H groups in total. The highest BCUT2D eigenvalue weighted by atomic mass is 32.2. The van der Waals surface area contributed by atoms with Crippen LogP contribution < -0.4 is 14.2 Å². The molecule has 0 heterocycles. The number of nitrogens with one attached hydrogen (secondary N) is 1. The van der Waals surface area contributed by atoms with Crippen LogP contribution in [0.3, 0.4) is 0 Å². The molecule has 0 amide bonds. The van der Waals surface area contributed by atoms with Crippen LogP contribution in [-0.4, -0.2) is 27.9 Å². The first-order valence-electron chi connectivity index (χ1n) is 6.80. The van der Waals surface area contributed by atoms with Crippen molar-refractivity contribution in [3.63, 3.8) is 0 Å². The summed E-state index contributed by atoms with van der Waals surface area (Å²) in [5, 5.41) is 0. The zero-order valence-corrected chi connectivity index (χ0v) is 13.1. The van der Waals surface area contributed by atoms with Gasteiger partial charge in [-0.25, -0.2) is 13.1 Å². The molecular weight excluding hydrogens is 347 g/mol. The first-order chi connectivity index (χ1) is 11.3. The van der Waals surface area contributed by atoms with E-state index in [9.17, 15) is 21.6 Å². The van der Waals surface area contributed by atoms with Crippen LogP contribution in [0.2, 0.25) is 0 Å². The summed E-state index contributed by atoms with van der Waals surface area (Å²) in [4.78, 5) is -0.330. The summed E-state index contributed by atoms with van der Waals surface area (Å²) in [6.07, 6.45) is -4.89. The van der Waals surface area contributed by atoms with Crippen molar-refractivity contribution in [2.45, 2.75) is 11.3 Å². The molecule has 0 fully saturated rings. The minimum absolute atomic E-state index is 0.0401. The molecule has 2 aromatic rings. The molecule has 0 spiro atoms. The molecule has 0 saturated heterocycles. The number of halogens is 3. The van der Waals surface area contributed by atoms with Crippen molar-refractivity contribution >= 4 is 10.0 Å². The van der Waals surface area contributed by atoms with Crippen molar-refractivity contribution < 1.29 is 31.1 Å². The third-order valence-electron chi connectivity index (χ3n) is 2.76. The van der Waals surface area contributed by atoms with Gasteiger partial charge in [0.2, 0.25) is 10.0 Å². The van der Waals surface area contributed by atoms with Gasteiger partial charge in [-0.2, -0.15) is 0 Å². The van der Waals surface area contributed by atoms with Crippen LogP contribution in [-0.2, 0) is 10.0 Å². The Balaban J connectivity index is 1.94. The SMILES string of the molecule is O=S(=O)(NCCOc1ccccc1)c1cccc(OC(F)(F)F)c1. The molecule has 5 nitrogen and oxygen atoms in total. The highest BCUT2D eigenvalue weighted by molar-refractivity contribution is 7.89. The Labute approximate surface area is 137 Å². The average Bonchev–Trinajstić information content (AvgIpc) is 2.51. The first-order valence-corrected chi connectivity index (χ1v) is 8.28. The van der Waals surface area contributed by atoms with E-state index in [4.69, 9.17) is 4.74 Å². The van der Waals surface area contributed by atoms with Crippen molar-refractivity contribution in [1.82, 2.24) is 4.72 Å². The Hall–Kier alpha value is -2.26. The molecule has 130 valence electrons. The van der Waals surface area contributed by atoms with Crippen molar-refractivity contribution in [1.29, 1.82) is 0 Å². The summed E-state index contributed by atoms with van der Waals surface area (Å²) < 4.78 is 71.9. The maximum Gasteiger partial charge on any atom is 0.573 e. The molecule has 0 radical (unpaired) electrons. The van der Waals surface area contributed by atoms with Gasteiger partial charge in [0.1, 0.15) is 18.1 Å². The Morgan fingerprint density at radius 3 is 2.29 bits per heavy atom. The highest BCUT2D eigenvalue weighted by Crippen LogP contribution is 2.24. The molecule has 0 aromatic heterocycles. The molecule has 9 heteroatoms. The van der Waals surface area contributed by atoms with Gasteiger partial charge >= 0.3 is 6.36 Å². The molecule has 0 aliphatic rings. The molecule has 0 bridgehead atoms. The molecule has 0 aliphatic carbocycles. The number of ether oxygens (including phenoxy) is 2. The normalized spacial score (nSPS) is 12.0. The first kappa shape index (κ1) is 18.1. The monoisotopic (exact) mass is 361 g/mol. The van der Waals surface area contributed by atoms with E-state index in [1.807, 2.05) is 6.07 Å². The number of hydrogen-bond acceptors (Lipinski definition) is 4. The lowest BCUT2D eigenvalue weighted by atomic mass is 10.3. The maximum atomic E-state index is 12.2. The molecule has 0 atom stereocenters. The third kappa shape index (κ3) is 5.74.